The summed E-state index contributed by atoms with van der Waals surface area (Å²) in [6, 6.07) is 1.67. The van der Waals surface area contributed by atoms with Gasteiger partial charge >= 0.3 is 0 Å². The van der Waals surface area contributed by atoms with Crippen LogP contribution in [0.2, 0.25) is 0 Å². The van der Waals surface area contributed by atoms with Gasteiger partial charge in [0.15, 0.2) is 0 Å². The van der Waals surface area contributed by atoms with E-state index in [-0.39, 0.29) is 17.5 Å². The van der Waals surface area contributed by atoms with Crippen LogP contribution in [0, 0.1) is 0 Å². The van der Waals surface area contributed by atoms with Crippen molar-refractivity contribution in [2.24, 2.45) is 0 Å². The fourth-order valence-corrected chi connectivity index (χ4v) is 4.98. The maximum absolute atomic E-state index is 12.4. The first-order valence-corrected chi connectivity index (χ1v) is 9.90. The molecule has 0 bridgehead atoms. The molecular formula is C14H24N2O3S2. The second kappa shape index (κ2) is 7.17. The first kappa shape index (κ1) is 16.9. The zero-order valence-corrected chi connectivity index (χ0v) is 14.2. The van der Waals surface area contributed by atoms with Crippen LogP contribution < -0.4 is 4.72 Å². The summed E-state index contributed by atoms with van der Waals surface area (Å²) >= 11 is 1.84. The first-order chi connectivity index (χ1) is 9.94. The van der Waals surface area contributed by atoms with Crippen LogP contribution in [0.1, 0.15) is 44.8 Å². The maximum atomic E-state index is 12.4. The SMILES string of the molecule is CC(C)n1cc(S(=O)(=O)NCC2CCCCS2)cc1CO. The van der Waals surface area contributed by atoms with Crippen LogP contribution in [0.4, 0.5) is 0 Å². The molecule has 1 aliphatic rings. The van der Waals surface area contributed by atoms with Crippen molar-refractivity contribution in [1.82, 2.24) is 9.29 Å². The lowest BCUT2D eigenvalue weighted by molar-refractivity contribution is 0.268. The van der Waals surface area contributed by atoms with Crippen molar-refractivity contribution in [3.8, 4) is 0 Å². The Balaban J connectivity index is 2.08. The minimum Gasteiger partial charge on any atom is -0.390 e. The van der Waals surface area contributed by atoms with E-state index < -0.39 is 10.0 Å². The largest absolute Gasteiger partial charge is 0.390 e. The standard InChI is InChI=1S/C14H24N2O3S2/c1-11(2)16-9-14(7-12(16)10-17)21(18,19)15-8-13-5-3-4-6-20-13/h7,9,11,13,15,17H,3-6,8,10H2,1-2H3. The molecule has 2 N–H and O–H groups in total. The Morgan fingerprint density at radius 1 is 1.48 bits per heavy atom. The van der Waals surface area contributed by atoms with Crippen LogP contribution in [0.25, 0.3) is 0 Å². The highest BCUT2D eigenvalue weighted by Crippen LogP contribution is 2.25. The van der Waals surface area contributed by atoms with Crippen molar-refractivity contribution in [3.05, 3.63) is 18.0 Å². The van der Waals surface area contributed by atoms with Gasteiger partial charge in [-0.25, -0.2) is 13.1 Å². The summed E-state index contributed by atoms with van der Waals surface area (Å²) in [7, 11) is -3.50. The van der Waals surface area contributed by atoms with E-state index in [4.69, 9.17) is 0 Å². The van der Waals surface area contributed by atoms with Crippen molar-refractivity contribution < 1.29 is 13.5 Å². The number of aliphatic hydroxyl groups is 1. The third-order valence-corrected chi connectivity index (χ3v) is 6.50. The molecule has 5 nitrogen and oxygen atoms in total. The number of aromatic nitrogens is 1. The molecule has 0 amide bonds. The lowest BCUT2D eigenvalue weighted by atomic mass is 10.2. The van der Waals surface area contributed by atoms with E-state index in [1.165, 1.54) is 12.8 Å². The number of hydrogen-bond acceptors (Lipinski definition) is 4. The summed E-state index contributed by atoms with van der Waals surface area (Å²) in [4.78, 5) is 0.237. The summed E-state index contributed by atoms with van der Waals surface area (Å²) in [5.74, 6) is 1.12. The van der Waals surface area contributed by atoms with Crippen LogP contribution in [-0.4, -0.2) is 35.6 Å². The molecular weight excluding hydrogens is 308 g/mol. The third-order valence-electron chi connectivity index (χ3n) is 3.71. The van der Waals surface area contributed by atoms with Crippen molar-refractivity contribution in [3.63, 3.8) is 0 Å². The van der Waals surface area contributed by atoms with E-state index in [1.807, 2.05) is 25.6 Å². The third kappa shape index (κ3) is 4.25. The molecule has 0 aromatic carbocycles. The monoisotopic (exact) mass is 332 g/mol. The molecule has 0 aliphatic carbocycles. The molecule has 1 aliphatic heterocycles. The van der Waals surface area contributed by atoms with Gasteiger partial charge in [-0.1, -0.05) is 6.42 Å². The number of thioether (sulfide) groups is 1. The van der Waals surface area contributed by atoms with E-state index in [1.54, 1.807) is 16.8 Å². The Morgan fingerprint density at radius 2 is 2.24 bits per heavy atom. The average Bonchev–Trinajstić information content (AvgIpc) is 2.92. The van der Waals surface area contributed by atoms with E-state index in [9.17, 15) is 13.5 Å². The molecule has 2 rings (SSSR count). The minimum absolute atomic E-state index is 0.116. The zero-order valence-electron chi connectivity index (χ0n) is 12.6. The van der Waals surface area contributed by atoms with E-state index >= 15 is 0 Å². The van der Waals surface area contributed by atoms with Crippen molar-refractivity contribution >= 4 is 21.8 Å². The number of nitrogens with zero attached hydrogens (tertiary/aromatic N) is 1. The van der Waals surface area contributed by atoms with E-state index in [2.05, 4.69) is 4.72 Å². The quantitative estimate of drug-likeness (QED) is 0.837. The Hall–Kier alpha value is -0.500. The normalized spacial score (nSPS) is 20.1. The fourth-order valence-electron chi connectivity index (χ4n) is 2.51. The molecule has 1 aromatic rings. The van der Waals surface area contributed by atoms with Crippen LogP contribution >= 0.6 is 11.8 Å². The molecule has 1 saturated heterocycles. The lowest BCUT2D eigenvalue weighted by Gasteiger charge is -2.21. The highest BCUT2D eigenvalue weighted by atomic mass is 32.2. The van der Waals surface area contributed by atoms with Gasteiger partial charge in [-0.15, -0.1) is 0 Å². The Morgan fingerprint density at radius 3 is 2.76 bits per heavy atom. The Bertz CT molecular complexity index is 561. The van der Waals surface area contributed by atoms with E-state index in [0.29, 0.717) is 17.5 Å². The van der Waals surface area contributed by atoms with Gasteiger partial charge in [-0.05, 0) is 38.5 Å². The van der Waals surface area contributed by atoms with Gasteiger partial charge in [-0.3, -0.25) is 0 Å². The molecule has 1 atom stereocenters. The molecule has 1 unspecified atom stereocenters. The summed E-state index contributed by atoms with van der Waals surface area (Å²) in [6.07, 6.45) is 5.08. The number of rotatable bonds is 6. The minimum atomic E-state index is -3.50. The number of aliphatic hydroxyl groups excluding tert-OH is 1. The van der Waals surface area contributed by atoms with Gasteiger partial charge < -0.3 is 9.67 Å². The van der Waals surface area contributed by atoms with Gasteiger partial charge in [0.1, 0.15) is 0 Å². The Labute approximate surface area is 131 Å². The number of nitrogens with one attached hydrogen (secondary N) is 1. The first-order valence-electron chi connectivity index (χ1n) is 7.37. The molecule has 0 spiro atoms. The second-order valence-electron chi connectivity index (χ2n) is 5.67. The van der Waals surface area contributed by atoms with Crippen LogP contribution in [-0.2, 0) is 16.6 Å². The molecule has 0 saturated carbocycles. The van der Waals surface area contributed by atoms with Crippen molar-refractivity contribution in [1.29, 1.82) is 0 Å². The molecule has 1 aromatic heterocycles. The summed E-state index contributed by atoms with van der Waals surface area (Å²) in [5, 5.41) is 9.71. The van der Waals surface area contributed by atoms with Gasteiger partial charge in [-0.2, -0.15) is 11.8 Å². The molecule has 7 heteroatoms. The number of hydrogen-bond donors (Lipinski definition) is 2. The zero-order chi connectivity index (χ0) is 15.5. The average molecular weight is 332 g/mol. The van der Waals surface area contributed by atoms with Crippen LogP contribution in [0.3, 0.4) is 0 Å². The van der Waals surface area contributed by atoms with Crippen molar-refractivity contribution in [2.45, 2.75) is 55.9 Å². The smallest absolute Gasteiger partial charge is 0.242 e. The summed E-state index contributed by atoms with van der Waals surface area (Å²) in [5.41, 5.74) is 0.623. The molecule has 21 heavy (non-hydrogen) atoms. The predicted octanol–water partition coefficient (Wildman–Crippen LogP) is 2.13. The van der Waals surface area contributed by atoms with Crippen LogP contribution in [0.5, 0.6) is 0 Å². The summed E-state index contributed by atoms with van der Waals surface area (Å²) < 4.78 is 29.2. The summed E-state index contributed by atoms with van der Waals surface area (Å²) in [6.45, 7) is 4.24. The lowest BCUT2D eigenvalue weighted by Crippen LogP contribution is -2.31. The van der Waals surface area contributed by atoms with Gasteiger partial charge in [0, 0.05) is 29.7 Å². The highest BCUT2D eigenvalue weighted by Gasteiger charge is 2.21. The van der Waals surface area contributed by atoms with Gasteiger partial charge in [0.05, 0.1) is 11.5 Å². The second-order valence-corrected chi connectivity index (χ2v) is 8.84. The van der Waals surface area contributed by atoms with Gasteiger partial charge in [0.25, 0.3) is 0 Å². The molecule has 120 valence electrons. The highest BCUT2D eigenvalue weighted by molar-refractivity contribution is 8.00. The van der Waals surface area contributed by atoms with Crippen molar-refractivity contribution in [2.75, 3.05) is 12.3 Å². The fraction of sp³-hybridized carbons (Fsp3) is 0.714. The topological polar surface area (TPSA) is 71.3 Å². The predicted molar refractivity (Wildman–Crippen MR) is 86.0 cm³/mol. The van der Waals surface area contributed by atoms with E-state index in [0.717, 1.165) is 12.2 Å². The Kier molecular flexibility index (Phi) is 5.76. The van der Waals surface area contributed by atoms with Gasteiger partial charge in [0.2, 0.25) is 10.0 Å². The maximum Gasteiger partial charge on any atom is 0.242 e. The molecule has 1 fully saturated rings. The number of sulfonamides is 1. The molecule has 0 radical (unpaired) electrons. The molecule has 2 heterocycles. The van der Waals surface area contributed by atoms with Crippen LogP contribution in [0.15, 0.2) is 17.2 Å².